The third-order valence-electron chi connectivity index (χ3n) is 3.29. The lowest BCUT2D eigenvalue weighted by Gasteiger charge is -2.36. The molecular formula is C14H19NO2S. The Balaban J connectivity index is 1.69. The number of aliphatic hydroxyl groups is 1. The van der Waals surface area contributed by atoms with E-state index in [2.05, 4.69) is 5.32 Å². The molecule has 0 atom stereocenters. The topological polar surface area (TPSA) is 49.3 Å². The van der Waals surface area contributed by atoms with Gasteiger partial charge in [-0.15, -0.1) is 11.8 Å². The smallest absolute Gasteiger partial charge is 0.230 e. The van der Waals surface area contributed by atoms with Crippen LogP contribution in [0.5, 0.6) is 0 Å². The van der Waals surface area contributed by atoms with Gasteiger partial charge in [0.05, 0.1) is 11.4 Å². The van der Waals surface area contributed by atoms with Crippen molar-refractivity contribution in [1.82, 2.24) is 5.32 Å². The van der Waals surface area contributed by atoms with E-state index in [9.17, 15) is 9.90 Å². The molecule has 3 nitrogen and oxygen atoms in total. The van der Waals surface area contributed by atoms with E-state index in [4.69, 9.17) is 0 Å². The quantitative estimate of drug-likeness (QED) is 0.802. The van der Waals surface area contributed by atoms with E-state index >= 15 is 0 Å². The minimum atomic E-state index is -0.635. The maximum absolute atomic E-state index is 11.6. The fourth-order valence-corrected chi connectivity index (χ4v) is 2.59. The van der Waals surface area contributed by atoms with Crippen LogP contribution in [0, 0.1) is 6.92 Å². The van der Waals surface area contributed by atoms with Crippen molar-refractivity contribution in [2.24, 2.45) is 0 Å². The summed E-state index contributed by atoms with van der Waals surface area (Å²) in [4.78, 5) is 12.7. The highest BCUT2D eigenvalue weighted by Crippen LogP contribution is 2.30. The Kier molecular flexibility index (Phi) is 4.30. The number of aryl methyl sites for hydroxylation is 1. The van der Waals surface area contributed by atoms with Crippen LogP contribution in [0.4, 0.5) is 0 Å². The monoisotopic (exact) mass is 265 g/mol. The molecule has 4 heteroatoms. The predicted molar refractivity (Wildman–Crippen MR) is 73.7 cm³/mol. The highest BCUT2D eigenvalue weighted by molar-refractivity contribution is 8.00. The number of rotatable bonds is 5. The van der Waals surface area contributed by atoms with Gasteiger partial charge in [-0.3, -0.25) is 4.79 Å². The van der Waals surface area contributed by atoms with Crippen molar-refractivity contribution in [2.45, 2.75) is 36.7 Å². The van der Waals surface area contributed by atoms with E-state index in [1.54, 1.807) is 0 Å². The van der Waals surface area contributed by atoms with Crippen LogP contribution < -0.4 is 5.32 Å². The molecular weight excluding hydrogens is 246 g/mol. The third-order valence-corrected chi connectivity index (χ3v) is 4.30. The summed E-state index contributed by atoms with van der Waals surface area (Å²) in [5, 5.41) is 12.7. The molecule has 2 rings (SSSR count). The summed E-state index contributed by atoms with van der Waals surface area (Å²) in [6.07, 6.45) is 2.67. The van der Waals surface area contributed by atoms with Gasteiger partial charge in [0.25, 0.3) is 0 Å². The van der Waals surface area contributed by atoms with Crippen molar-refractivity contribution in [3.8, 4) is 0 Å². The van der Waals surface area contributed by atoms with Gasteiger partial charge in [-0.2, -0.15) is 0 Å². The van der Waals surface area contributed by atoms with Crippen LogP contribution >= 0.6 is 11.8 Å². The second-order valence-electron chi connectivity index (χ2n) is 4.96. The Labute approximate surface area is 112 Å². The van der Waals surface area contributed by atoms with Crippen LogP contribution in [0.2, 0.25) is 0 Å². The van der Waals surface area contributed by atoms with Crippen molar-refractivity contribution >= 4 is 17.7 Å². The third kappa shape index (κ3) is 3.75. The van der Waals surface area contributed by atoms with Crippen LogP contribution in [0.15, 0.2) is 29.2 Å². The number of benzene rings is 1. The molecule has 1 amide bonds. The second-order valence-corrected chi connectivity index (χ2v) is 6.01. The molecule has 0 heterocycles. The summed E-state index contributed by atoms with van der Waals surface area (Å²) >= 11 is 1.52. The summed E-state index contributed by atoms with van der Waals surface area (Å²) < 4.78 is 0. The molecule has 1 saturated carbocycles. The zero-order valence-electron chi connectivity index (χ0n) is 10.6. The first kappa shape index (κ1) is 13.4. The van der Waals surface area contributed by atoms with E-state index in [1.807, 2.05) is 31.2 Å². The SMILES string of the molecule is Cc1ccc(SCC(=O)NCC2(O)CCC2)cc1. The van der Waals surface area contributed by atoms with Gasteiger partial charge < -0.3 is 10.4 Å². The molecule has 0 saturated heterocycles. The number of thioether (sulfide) groups is 1. The van der Waals surface area contributed by atoms with Crippen molar-refractivity contribution in [3.63, 3.8) is 0 Å². The summed E-state index contributed by atoms with van der Waals surface area (Å²) in [6.45, 7) is 2.43. The first-order chi connectivity index (χ1) is 8.57. The Hall–Kier alpha value is -1.00. The largest absolute Gasteiger partial charge is 0.388 e. The number of hydrogen-bond acceptors (Lipinski definition) is 3. The Bertz CT molecular complexity index is 412. The number of carbonyl (C=O) groups is 1. The van der Waals surface area contributed by atoms with E-state index in [1.165, 1.54) is 17.3 Å². The number of amides is 1. The Morgan fingerprint density at radius 1 is 1.39 bits per heavy atom. The number of nitrogens with one attached hydrogen (secondary N) is 1. The summed E-state index contributed by atoms with van der Waals surface area (Å²) in [7, 11) is 0. The van der Waals surface area contributed by atoms with Gasteiger partial charge in [-0.1, -0.05) is 17.7 Å². The van der Waals surface area contributed by atoms with Crippen molar-refractivity contribution in [2.75, 3.05) is 12.3 Å². The molecule has 18 heavy (non-hydrogen) atoms. The highest BCUT2D eigenvalue weighted by Gasteiger charge is 2.34. The molecule has 0 unspecified atom stereocenters. The molecule has 0 bridgehead atoms. The summed E-state index contributed by atoms with van der Waals surface area (Å²) in [6, 6.07) is 8.12. The highest BCUT2D eigenvalue weighted by atomic mass is 32.2. The van der Waals surface area contributed by atoms with Crippen LogP contribution in [0.25, 0.3) is 0 Å². The molecule has 1 aromatic carbocycles. The minimum absolute atomic E-state index is 0.0131. The molecule has 0 spiro atoms. The molecule has 0 radical (unpaired) electrons. The maximum atomic E-state index is 11.6. The van der Waals surface area contributed by atoms with E-state index < -0.39 is 5.60 Å². The molecule has 0 aliphatic heterocycles. The van der Waals surface area contributed by atoms with Gasteiger partial charge in [0.2, 0.25) is 5.91 Å². The van der Waals surface area contributed by atoms with E-state index in [-0.39, 0.29) is 5.91 Å². The lowest BCUT2D eigenvalue weighted by Crippen LogP contribution is -2.48. The molecule has 0 aromatic heterocycles. The first-order valence-corrected chi connectivity index (χ1v) is 7.25. The predicted octanol–water partition coefficient (Wildman–Crippen LogP) is 2.12. The summed E-state index contributed by atoms with van der Waals surface area (Å²) in [5.41, 5.74) is 0.584. The van der Waals surface area contributed by atoms with Gasteiger partial charge in [0, 0.05) is 11.4 Å². The molecule has 1 aliphatic carbocycles. The normalized spacial score (nSPS) is 17.0. The molecule has 2 N–H and O–H groups in total. The molecule has 1 aromatic rings. The average molecular weight is 265 g/mol. The zero-order valence-corrected chi connectivity index (χ0v) is 11.4. The maximum Gasteiger partial charge on any atom is 0.230 e. The van der Waals surface area contributed by atoms with Gasteiger partial charge >= 0.3 is 0 Å². The van der Waals surface area contributed by atoms with Gasteiger partial charge in [-0.05, 0) is 38.3 Å². The van der Waals surface area contributed by atoms with Crippen LogP contribution in [-0.4, -0.2) is 28.9 Å². The first-order valence-electron chi connectivity index (χ1n) is 6.26. The van der Waals surface area contributed by atoms with Gasteiger partial charge in [0.15, 0.2) is 0 Å². The molecule has 1 fully saturated rings. The van der Waals surface area contributed by atoms with Crippen LogP contribution in [0.1, 0.15) is 24.8 Å². The number of carbonyl (C=O) groups excluding carboxylic acids is 1. The fourth-order valence-electron chi connectivity index (χ4n) is 1.86. The van der Waals surface area contributed by atoms with Crippen LogP contribution in [-0.2, 0) is 4.79 Å². The van der Waals surface area contributed by atoms with Crippen molar-refractivity contribution < 1.29 is 9.90 Å². The number of hydrogen-bond donors (Lipinski definition) is 2. The Morgan fingerprint density at radius 3 is 2.61 bits per heavy atom. The lowest BCUT2D eigenvalue weighted by atomic mass is 9.80. The molecule has 1 aliphatic rings. The zero-order chi connectivity index (χ0) is 13.0. The molecule has 98 valence electrons. The van der Waals surface area contributed by atoms with Gasteiger partial charge in [-0.25, -0.2) is 0 Å². The van der Waals surface area contributed by atoms with Crippen molar-refractivity contribution in [3.05, 3.63) is 29.8 Å². The standard InChI is InChI=1S/C14H19NO2S/c1-11-3-5-12(6-4-11)18-9-13(16)15-10-14(17)7-2-8-14/h3-6,17H,2,7-10H2,1H3,(H,15,16). The van der Waals surface area contributed by atoms with E-state index in [0.717, 1.165) is 24.2 Å². The Morgan fingerprint density at radius 2 is 2.06 bits per heavy atom. The summed E-state index contributed by atoms with van der Waals surface area (Å²) in [5.74, 6) is 0.389. The van der Waals surface area contributed by atoms with Crippen LogP contribution in [0.3, 0.4) is 0 Å². The lowest BCUT2D eigenvalue weighted by molar-refractivity contribution is -0.121. The van der Waals surface area contributed by atoms with Gasteiger partial charge in [0.1, 0.15) is 0 Å². The average Bonchev–Trinajstić information content (AvgIpc) is 2.33. The van der Waals surface area contributed by atoms with E-state index in [0.29, 0.717) is 12.3 Å². The van der Waals surface area contributed by atoms with Crippen molar-refractivity contribution in [1.29, 1.82) is 0 Å². The minimum Gasteiger partial charge on any atom is -0.388 e. The fraction of sp³-hybridized carbons (Fsp3) is 0.500. The second kappa shape index (κ2) is 5.76.